The fraction of sp³-hybridized carbons (Fsp3) is 0. The summed E-state index contributed by atoms with van der Waals surface area (Å²) in [5.74, 6) is 2.54. The summed E-state index contributed by atoms with van der Waals surface area (Å²) in [6, 6.07) is 8.19. The maximum Gasteiger partial charge on any atom is 0.269 e. The maximum atomic E-state index is 10.7. The largest absolute Gasteiger partial charge is 0.396 e. The molecule has 2 heterocycles. The van der Waals surface area contributed by atoms with Gasteiger partial charge < -0.3 is 5.73 Å². The molecule has 6 heteroatoms. The van der Waals surface area contributed by atoms with E-state index in [1.807, 2.05) is 6.07 Å². The lowest BCUT2D eigenvalue weighted by Gasteiger charge is -2.01. The van der Waals surface area contributed by atoms with E-state index in [0.717, 1.165) is 21.3 Å². The number of nitrogens with two attached hydrogens (primary N) is 1. The van der Waals surface area contributed by atoms with E-state index in [1.165, 1.54) is 23.5 Å². The second-order valence-electron chi connectivity index (χ2n) is 4.37. The van der Waals surface area contributed by atoms with E-state index in [2.05, 4.69) is 10.9 Å². The third kappa shape index (κ3) is 2.20. The molecule has 0 spiro atoms. The topological polar surface area (TPSA) is 82.0 Å². The average molecular weight is 295 g/mol. The van der Waals surface area contributed by atoms with E-state index in [1.54, 1.807) is 18.3 Å². The molecule has 0 fully saturated rings. The number of benzene rings is 1. The van der Waals surface area contributed by atoms with Crippen molar-refractivity contribution < 1.29 is 4.92 Å². The number of aromatic nitrogens is 1. The number of anilines is 1. The van der Waals surface area contributed by atoms with Crippen molar-refractivity contribution >= 4 is 32.9 Å². The van der Waals surface area contributed by atoms with Crippen molar-refractivity contribution in [1.29, 1.82) is 0 Å². The number of nitro groups is 1. The van der Waals surface area contributed by atoms with Crippen LogP contribution in [0.15, 0.2) is 36.5 Å². The van der Waals surface area contributed by atoms with Crippen molar-refractivity contribution in [2.45, 2.75) is 0 Å². The molecule has 0 unspecified atom stereocenters. The molecule has 0 aliphatic heterocycles. The molecule has 0 amide bonds. The number of nitro benzene ring substituents is 1. The molecule has 0 atom stereocenters. The minimum atomic E-state index is -0.429. The zero-order valence-electron chi connectivity index (χ0n) is 10.7. The number of terminal acetylenes is 1. The van der Waals surface area contributed by atoms with Crippen LogP contribution in [-0.4, -0.2) is 9.91 Å². The molecule has 102 valence electrons. The first-order valence-corrected chi connectivity index (χ1v) is 6.81. The first-order valence-electron chi connectivity index (χ1n) is 5.99. The lowest BCUT2D eigenvalue weighted by atomic mass is 10.1. The highest BCUT2D eigenvalue weighted by Crippen LogP contribution is 2.34. The Morgan fingerprint density at radius 2 is 2.00 bits per heavy atom. The number of thiophene rings is 1. The van der Waals surface area contributed by atoms with E-state index >= 15 is 0 Å². The van der Waals surface area contributed by atoms with Crippen LogP contribution in [0.3, 0.4) is 0 Å². The van der Waals surface area contributed by atoms with Crippen molar-refractivity contribution in [2.24, 2.45) is 0 Å². The molecule has 0 saturated carbocycles. The Labute approximate surface area is 124 Å². The number of pyridine rings is 1. The van der Waals surface area contributed by atoms with Crippen LogP contribution in [0.2, 0.25) is 0 Å². The zero-order chi connectivity index (χ0) is 15.0. The summed E-state index contributed by atoms with van der Waals surface area (Å²) in [4.78, 5) is 16.0. The summed E-state index contributed by atoms with van der Waals surface area (Å²) < 4.78 is 0. The van der Waals surface area contributed by atoms with Crippen LogP contribution in [0.4, 0.5) is 11.4 Å². The SMILES string of the molecule is C#Cc1sc2ncc(-c3ccc([N+](=O)[O-])cc3)cc2c1N. The van der Waals surface area contributed by atoms with E-state index in [-0.39, 0.29) is 5.69 Å². The fourth-order valence-electron chi connectivity index (χ4n) is 2.04. The summed E-state index contributed by atoms with van der Waals surface area (Å²) in [7, 11) is 0. The Morgan fingerprint density at radius 3 is 2.62 bits per heavy atom. The second-order valence-corrected chi connectivity index (χ2v) is 5.37. The Hall–Kier alpha value is -2.91. The predicted octanol–water partition coefficient (Wildman–Crippen LogP) is 3.44. The molecule has 5 nitrogen and oxygen atoms in total. The highest BCUT2D eigenvalue weighted by atomic mass is 32.1. The lowest BCUT2D eigenvalue weighted by Crippen LogP contribution is -1.88. The Kier molecular flexibility index (Phi) is 3.05. The summed E-state index contributed by atoms with van der Waals surface area (Å²) >= 11 is 1.37. The normalized spacial score (nSPS) is 10.4. The van der Waals surface area contributed by atoms with Gasteiger partial charge in [0.2, 0.25) is 0 Å². The van der Waals surface area contributed by atoms with Gasteiger partial charge in [-0.15, -0.1) is 17.8 Å². The van der Waals surface area contributed by atoms with E-state index in [9.17, 15) is 10.1 Å². The van der Waals surface area contributed by atoms with Gasteiger partial charge in [-0.1, -0.05) is 5.92 Å². The predicted molar refractivity (Wildman–Crippen MR) is 84.1 cm³/mol. The van der Waals surface area contributed by atoms with Gasteiger partial charge in [0.05, 0.1) is 10.6 Å². The van der Waals surface area contributed by atoms with Crippen molar-refractivity contribution in [2.75, 3.05) is 5.73 Å². The van der Waals surface area contributed by atoms with E-state index < -0.39 is 4.92 Å². The Balaban J connectivity index is 2.10. The molecule has 0 aliphatic carbocycles. The summed E-state index contributed by atoms with van der Waals surface area (Å²) in [5.41, 5.74) is 8.28. The quantitative estimate of drug-likeness (QED) is 0.446. The number of hydrogen-bond donors (Lipinski definition) is 1. The summed E-state index contributed by atoms with van der Waals surface area (Å²) in [5, 5.41) is 11.5. The lowest BCUT2D eigenvalue weighted by molar-refractivity contribution is -0.384. The molecular weight excluding hydrogens is 286 g/mol. The number of nitrogen functional groups attached to an aromatic ring is 1. The fourth-order valence-corrected chi connectivity index (χ4v) is 2.90. The van der Waals surface area contributed by atoms with Crippen LogP contribution in [0, 0.1) is 22.5 Å². The van der Waals surface area contributed by atoms with Gasteiger partial charge in [-0.3, -0.25) is 10.1 Å². The second kappa shape index (κ2) is 4.89. The van der Waals surface area contributed by atoms with Gasteiger partial charge in [-0.2, -0.15) is 0 Å². The van der Waals surface area contributed by atoms with Gasteiger partial charge in [0, 0.05) is 29.3 Å². The van der Waals surface area contributed by atoms with Gasteiger partial charge in [0.15, 0.2) is 0 Å². The van der Waals surface area contributed by atoms with Gasteiger partial charge >= 0.3 is 0 Å². The molecule has 0 bridgehead atoms. The highest BCUT2D eigenvalue weighted by molar-refractivity contribution is 7.19. The summed E-state index contributed by atoms with van der Waals surface area (Å²) in [6.45, 7) is 0. The number of hydrogen-bond acceptors (Lipinski definition) is 5. The number of nitrogens with zero attached hydrogens (tertiary/aromatic N) is 2. The van der Waals surface area contributed by atoms with Crippen LogP contribution in [-0.2, 0) is 0 Å². The molecule has 2 aromatic heterocycles. The molecule has 0 saturated heterocycles. The van der Waals surface area contributed by atoms with Crippen molar-refractivity contribution in [3.63, 3.8) is 0 Å². The summed E-state index contributed by atoms with van der Waals surface area (Å²) in [6.07, 6.45) is 7.11. The van der Waals surface area contributed by atoms with Crippen LogP contribution in [0.25, 0.3) is 21.3 Å². The van der Waals surface area contributed by atoms with Crippen LogP contribution >= 0.6 is 11.3 Å². The van der Waals surface area contributed by atoms with E-state index in [4.69, 9.17) is 12.2 Å². The number of fused-ring (bicyclic) bond motifs is 1. The molecule has 21 heavy (non-hydrogen) atoms. The minimum Gasteiger partial charge on any atom is -0.396 e. The van der Waals surface area contributed by atoms with Crippen molar-refractivity contribution in [3.8, 4) is 23.5 Å². The molecule has 3 aromatic rings. The molecule has 1 aromatic carbocycles. The highest BCUT2D eigenvalue weighted by Gasteiger charge is 2.11. The van der Waals surface area contributed by atoms with Gasteiger partial charge in [0.25, 0.3) is 5.69 Å². The standard InChI is InChI=1S/C15H9N3O2S/c1-2-13-14(16)12-7-10(8-17-15(12)21-13)9-3-5-11(6-4-9)18(19)20/h1,3-8H,16H2. The zero-order valence-corrected chi connectivity index (χ0v) is 11.6. The maximum absolute atomic E-state index is 10.7. The van der Waals surface area contributed by atoms with E-state index in [0.29, 0.717) is 10.6 Å². The van der Waals surface area contributed by atoms with Gasteiger partial charge in [-0.05, 0) is 23.8 Å². The van der Waals surface area contributed by atoms with Gasteiger partial charge in [-0.25, -0.2) is 4.98 Å². The minimum absolute atomic E-state index is 0.0532. The van der Waals surface area contributed by atoms with Crippen molar-refractivity contribution in [3.05, 3.63) is 51.5 Å². The third-order valence-electron chi connectivity index (χ3n) is 3.13. The monoisotopic (exact) mass is 295 g/mol. The first kappa shape index (κ1) is 13.1. The van der Waals surface area contributed by atoms with Crippen LogP contribution in [0.5, 0.6) is 0 Å². The Bertz CT molecular complexity index is 892. The average Bonchev–Trinajstić information content (AvgIpc) is 2.83. The first-order chi connectivity index (χ1) is 10.1. The molecule has 2 N–H and O–H groups in total. The third-order valence-corrected chi connectivity index (χ3v) is 4.19. The smallest absolute Gasteiger partial charge is 0.269 e. The molecule has 0 aliphatic rings. The molecule has 3 rings (SSSR count). The van der Waals surface area contributed by atoms with Crippen LogP contribution in [0.1, 0.15) is 4.88 Å². The van der Waals surface area contributed by atoms with Gasteiger partial charge in [0.1, 0.15) is 9.71 Å². The number of non-ortho nitro benzene ring substituents is 1. The molecular formula is C15H9N3O2S. The Morgan fingerprint density at radius 1 is 1.29 bits per heavy atom. The van der Waals surface area contributed by atoms with Crippen molar-refractivity contribution in [1.82, 2.24) is 4.98 Å². The van der Waals surface area contributed by atoms with Crippen LogP contribution < -0.4 is 5.73 Å². The molecule has 0 radical (unpaired) electrons. The number of rotatable bonds is 2.